The van der Waals surface area contributed by atoms with Crippen LogP contribution in [-0.4, -0.2) is 26.8 Å². The predicted molar refractivity (Wildman–Crippen MR) is 108 cm³/mol. The summed E-state index contributed by atoms with van der Waals surface area (Å²) in [5, 5.41) is 8.70. The number of fused-ring (bicyclic) bond motifs is 2. The van der Waals surface area contributed by atoms with Crippen LogP contribution in [-0.2, 0) is 15.6 Å². The molecule has 1 N–H and O–H groups in total. The van der Waals surface area contributed by atoms with E-state index in [9.17, 15) is 9.00 Å². The molecule has 3 aliphatic carbocycles. The molecule has 3 rings (SSSR count). The Morgan fingerprint density at radius 3 is 2.42 bits per heavy atom. The van der Waals surface area contributed by atoms with Gasteiger partial charge in [-0.15, -0.1) is 0 Å². The van der Waals surface area contributed by atoms with E-state index in [2.05, 4.69) is 12.2 Å². The van der Waals surface area contributed by atoms with Crippen LogP contribution in [0.4, 0.5) is 0 Å². The molecule has 0 heterocycles. The maximum atomic E-state index is 12.8. The molecule has 0 spiro atoms. The second-order valence-corrected chi connectivity index (χ2v) is 10.5. The molecule has 0 aromatic rings. The lowest BCUT2D eigenvalue weighted by atomic mass is 9.78. The van der Waals surface area contributed by atoms with Crippen molar-refractivity contribution in [2.24, 2.45) is 29.6 Å². The van der Waals surface area contributed by atoms with Crippen LogP contribution in [0.1, 0.15) is 77.0 Å². The molecule has 3 saturated carbocycles. The fourth-order valence-electron chi connectivity index (χ4n) is 5.80. The van der Waals surface area contributed by atoms with Gasteiger partial charge in [-0.2, -0.15) is 0 Å². The van der Waals surface area contributed by atoms with Crippen molar-refractivity contribution in [2.75, 3.05) is 11.5 Å². The van der Waals surface area contributed by atoms with Crippen molar-refractivity contribution in [3.63, 3.8) is 0 Å². The van der Waals surface area contributed by atoms with E-state index in [1.807, 2.05) is 0 Å². The van der Waals surface area contributed by atoms with E-state index in [-0.39, 0.29) is 6.42 Å². The molecule has 0 aromatic carbocycles. The number of carbonyl (C=O) groups is 1. The molecule has 0 amide bonds. The zero-order valence-electron chi connectivity index (χ0n) is 16.1. The number of carboxylic acid groups (broad SMARTS) is 1. The first-order chi connectivity index (χ1) is 12.6. The molecule has 3 fully saturated rings. The highest BCUT2D eigenvalue weighted by Gasteiger charge is 2.47. The average molecular weight is 381 g/mol. The topological polar surface area (TPSA) is 54.4 Å². The molecule has 0 aliphatic heterocycles. The Hall–Kier alpha value is -0.640. The summed E-state index contributed by atoms with van der Waals surface area (Å²) in [7, 11) is -0.635. The Morgan fingerprint density at radius 2 is 1.69 bits per heavy atom. The van der Waals surface area contributed by atoms with Gasteiger partial charge in [-0.25, -0.2) is 0 Å². The van der Waals surface area contributed by atoms with Crippen molar-refractivity contribution >= 4 is 16.8 Å². The van der Waals surface area contributed by atoms with Crippen LogP contribution in [0, 0.1) is 29.6 Å². The minimum absolute atomic E-state index is 0.265. The van der Waals surface area contributed by atoms with Gasteiger partial charge in [-0.05, 0) is 81.0 Å². The number of hydrogen-bond donors (Lipinski definition) is 1. The van der Waals surface area contributed by atoms with Crippen LogP contribution < -0.4 is 0 Å². The van der Waals surface area contributed by atoms with Gasteiger partial charge in [0.1, 0.15) is 0 Å². The van der Waals surface area contributed by atoms with E-state index in [1.165, 1.54) is 51.4 Å². The summed E-state index contributed by atoms with van der Waals surface area (Å²) in [6.45, 7) is 0. The molecule has 2 bridgehead atoms. The first-order valence-corrected chi connectivity index (χ1v) is 12.3. The Bertz CT molecular complexity index is 510. The smallest absolute Gasteiger partial charge is 0.303 e. The lowest BCUT2D eigenvalue weighted by Crippen LogP contribution is -2.29. The van der Waals surface area contributed by atoms with Crippen LogP contribution in [0.15, 0.2) is 12.2 Å². The average Bonchev–Trinajstić information content (AvgIpc) is 3.21. The van der Waals surface area contributed by atoms with Gasteiger partial charge in [-0.3, -0.25) is 9.00 Å². The van der Waals surface area contributed by atoms with E-state index < -0.39 is 16.8 Å². The third kappa shape index (κ3) is 5.68. The molecule has 26 heavy (non-hydrogen) atoms. The standard InChI is InChI=1S/C22H36O3S/c23-22(24)11-7-2-1-6-10-20-18-12-13-19(14-18)21(20)16-26(25)15-17-8-4-3-5-9-17/h1,6,17-21H,2-5,7-16H2,(H,23,24)/t18-,19+,20-,21+,26?/m0/s1. The lowest BCUT2D eigenvalue weighted by molar-refractivity contribution is -0.137. The summed E-state index contributed by atoms with van der Waals surface area (Å²) in [6, 6.07) is 0. The minimum Gasteiger partial charge on any atom is -0.481 e. The molecule has 3 aliphatic rings. The van der Waals surface area contributed by atoms with Gasteiger partial charge in [0, 0.05) is 28.7 Å². The maximum absolute atomic E-state index is 12.8. The quantitative estimate of drug-likeness (QED) is 0.420. The molecule has 148 valence electrons. The maximum Gasteiger partial charge on any atom is 0.303 e. The summed E-state index contributed by atoms with van der Waals surface area (Å²) in [5.74, 6) is 4.96. The summed E-state index contributed by atoms with van der Waals surface area (Å²) < 4.78 is 12.8. The van der Waals surface area contributed by atoms with Gasteiger partial charge in [0.05, 0.1) is 0 Å². The molecule has 0 saturated heterocycles. The number of allylic oxidation sites excluding steroid dienone is 2. The Kier molecular flexibility index (Phi) is 7.77. The van der Waals surface area contributed by atoms with Crippen molar-refractivity contribution in [3.8, 4) is 0 Å². The van der Waals surface area contributed by atoms with Gasteiger partial charge < -0.3 is 5.11 Å². The number of rotatable bonds is 10. The van der Waals surface area contributed by atoms with E-state index in [1.54, 1.807) is 0 Å². The van der Waals surface area contributed by atoms with Crippen molar-refractivity contribution in [1.82, 2.24) is 0 Å². The third-order valence-electron chi connectivity index (χ3n) is 7.14. The monoisotopic (exact) mass is 380 g/mol. The summed E-state index contributed by atoms with van der Waals surface area (Å²) in [4.78, 5) is 10.6. The molecule has 1 unspecified atom stereocenters. The SMILES string of the molecule is O=C(O)CCCC=CC[C@H]1[C@H]2CC[C@H](C2)[C@H]1CS(=O)CC1CCCCC1. The zero-order valence-corrected chi connectivity index (χ0v) is 16.9. The molecule has 0 radical (unpaired) electrons. The highest BCUT2D eigenvalue weighted by atomic mass is 32.2. The lowest BCUT2D eigenvalue weighted by Gasteiger charge is -2.31. The number of aliphatic carboxylic acids is 1. The minimum atomic E-state index is -0.702. The zero-order chi connectivity index (χ0) is 18.4. The number of hydrogen-bond acceptors (Lipinski definition) is 2. The summed E-state index contributed by atoms with van der Waals surface area (Å²) >= 11 is 0. The highest BCUT2D eigenvalue weighted by molar-refractivity contribution is 7.85. The van der Waals surface area contributed by atoms with E-state index in [4.69, 9.17) is 5.11 Å². The van der Waals surface area contributed by atoms with Crippen LogP contribution in [0.3, 0.4) is 0 Å². The molecule has 0 aromatic heterocycles. The molecular weight excluding hydrogens is 344 g/mol. The molecule has 3 nitrogen and oxygen atoms in total. The number of unbranched alkanes of at least 4 members (excludes halogenated alkanes) is 1. The fourth-order valence-corrected chi connectivity index (χ4v) is 7.74. The predicted octanol–water partition coefficient (Wildman–Crippen LogP) is 5.18. The van der Waals surface area contributed by atoms with Gasteiger partial charge in [0.2, 0.25) is 0 Å². The van der Waals surface area contributed by atoms with Gasteiger partial charge >= 0.3 is 5.97 Å². The highest BCUT2D eigenvalue weighted by Crippen LogP contribution is 2.54. The fraction of sp³-hybridized carbons (Fsp3) is 0.864. The normalized spacial score (nSPS) is 33.1. The Labute approximate surface area is 161 Å². The molecule has 4 heteroatoms. The van der Waals surface area contributed by atoms with Crippen LogP contribution >= 0.6 is 0 Å². The van der Waals surface area contributed by atoms with Crippen LogP contribution in [0.25, 0.3) is 0 Å². The second kappa shape index (κ2) is 10.1. The Morgan fingerprint density at radius 1 is 0.962 bits per heavy atom. The van der Waals surface area contributed by atoms with Gasteiger partial charge in [0.25, 0.3) is 0 Å². The van der Waals surface area contributed by atoms with Gasteiger partial charge in [0.15, 0.2) is 0 Å². The van der Waals surface area contributed by atoms with E-state index in [0.29, 0.717) is 5.92 Å². The number of carboxylic acids is 1. The van der Waals surface area contributed by atoms with Crippen LogP contribution in [0.5, 0.6) is 0 Å². The van der Waals surface area contributed by atoms with Gasteiger partial charge in [-0.1, -0.05) is 31.4 Å². The second-order valence-electron chi connectivity index (χ2n) is 8.93. The summed E-state index contributed by atoms with van der Waals surface area (Å²) in [6.07, 6.45) is 18.2. The van der Waals surface area contributed by atoms with Crippen molar-refractivity contribution in [2.45, 2.75) is 77.0 Å². The van der Waals surface area contributed by atoms with Crippen molar-refractivity contribution in [3.05, 3.63) is 12.2 Å². The van der Waals surface area contributed by atoms with Crippen molar-refractivity contribution < 1.29 is 14.1 Å². The third-order valence-corrected chi connectivity index (χ3v) is 8.74. The first-order valence-electron chi connectivity index (χ1n) is 10.8. The van der Waals surface area contributed by atoms with Crippen molar-refractivity contribution in [1.29, 1.82) is 0 Å². The molecule has 5 atom stereocenters. The summed E-state index contributed by atoms with van der Waals surface area (Å²) in [5.41, 5.74) is 0. The molecular formula is C22H36O3S. The first kappa shape index (κ1) is 20.1. The largest absolute Gasteiger partial charge is 0.481 e. The van der Waals surface area contributed by atoms with E-state index in [0.717, 1.165) is 54.4 Å². The van der Waals surface area contributed by atoms with Crippen LogP contribution in [0.2, 0.25) is 0 Å². The van der Waals surface area contributed by atoms with E-state index >= 15 is 0 Å². The Balaban J connectivity index is 1.44.